The summed E-state index contributed by atoms with van der Waals surface area (Å²) in [6.07, 6.45) is 3.67. The summed E-state index contributed by atoms with van der Waals surface area (Å²) >= 11 is 0. The van der Waals surface area contributed by atoms with E-state index in [9.17, 15) is 0 Å². The molecule has 2 aliphatic rings. The fourth-order valence-electron chi connectivity index (χ4n) is 4.97. The predicted molar refractivity (Wildman–Crippen MR) is 132 cm³/mol. The molecule has 2 heterocycles. The maximum absolute atomic E-state index is 15.5. The number of aromatic nitrogens is 2. The monoisotopic (exact) mass is 449 g/mol. The second-order valence-corrected chi connectivity index (χ2v) is 8.87. The van der Waals surface area contributed by atoms with E-state index in [0.29, 0.717) is 23.6 Å². The van der Waals surface area contributed by atoms with Crippen molar-refractivity contribution in [3.05, 3.63) is 119 Å². The third kappa shape index (κ3) is 3.43. The fraction of sp³-hybridized carbons (Fsp3) is 0.179. The molecular weight excluding hydrogens is 425 g/mol. The third-order valence-corrected chi connectivity index (χ3v) is 6.60. The van der Waals surface area contributed by atoms with Crippen molar-refractivity contribution in [3.8, 4) is 0 Å². The summed E-state index contributed by atoms with van der Waals surface area (Å²) in [6, 6.07) is 27.1. The molecule has 2 N–H and O–H groups in total. The second kappa shape index (κ2) is 8.06. The lowest BCUT2D eigenvalue weighted by Crippen LogP contribution is -2.41. The van der Waals surface area contributed by atoms with Crippen molar-refractivity contribution in [2.75, 3.05) is 0 Å². The van der Waals surface area contributed by atoms with Crippen molar-refractivity contribution in [2.45, 2.75) is 24.9 Å². The summed E-state index contributed by atoms with van der Waals surface area (Å²) in [5.41, 5.74) is 10.2. The molecule has 168 valence electrons. The fourth-order valence-corrected chi connectivity index (χ4v) is 4.97. The maximum atomic E-state index is 15.5. The van der Waals surface area contributed by atoms with Gasteiger partial charge in [-0.05, 0) is 43.0 Å². The van der Waals surface area contributed by atoms with E-state index in [-0.39, 0.29) is 11.7 Å². The first-order valence-electron chi connectivity index (χ1n) is 11.5. The van der Waals surface area contributed by atoms with E-state index in [1.807, 2.05) is 77.5 Å². The lowest BCUT2D eigenvalue weighted by Gasteiger charge is -2.35. The second-order valence-electron chi connectivity index (χ2n) is 8.87. The highest BCUT2D eigenvalue weighted by Crippen LogP contribution is 2.54. The molecule has 6 rings (SSSR count). The molecule has 4 aromatic rings. The van der Waals surface area contributed by atoms with E-state index in [1.54, 1.807) is 12.3 Å². The van der Waals surface area contributed by atoms with Crippen LogP contribution in [-0.4, -0.2) is 21.3 Å². The quantitative estimate of drug-likeness (QED) is 0.425. The van der Waals surface area contributed by atoms with Gasteiger partial charge in [-0.3, -0.25) is 9.67 Å². The molecule has 0 spiro atoms. The van der Waals surface area contributed by atoms with Gasteiger partial charge < -0.3 is 5.73 Å². The first-order chi connectivity index (χ1) is 16.6. The van der Waals surface area contributed by atoms with E-state index in [2.05, 4.69) is 5.10 Å². The SMILES string of the molecule is NC1=N[C@@](c2cc(N=C(c3ccccc3)c3ccccc3)ccc2F)(C2CC2)c2ccnn2C1. The maximum Gasteiger partial charge on any atom is 0.135 e. The third-order valence-electron chi connectivity index (χ3n) is 6.60. The zero-order valence-corrected chi connectivity index (χ0v) is 18.6. The first kappa shape index (κ1) is 20.5. The number of nitrogens with zero attached hydrogens (tertiary/aromatic N) is 4. The van der Waals surface area contributed by atoms with E-state index < -0.39 is 5.54 Å². The Hall–Kier alpha value is -4.06. The van der Waals surface area contributed by atoms with Crippen LogP contribution in [0.3, 0.4) is 0 Å². The highest BCUT2D eigenvalue weighted by molar-refractivity contribution is 6.13. The minimum atomic E-state index is -0.881. The van der Waals surface area contributed by atoms with E-state index in [0.717, 1.165) is 35.4 Å². The van der Waals surface area contributed by atoms with Gasteiger partial charge in [-0.1, -0.05) is 60.7 Å². The summed E-state index contributed by atoms with van der Waals surface area (Å²) < 4.78 is 17.4. The molecule has 1 aliphatic heterocycles. The van der Waals surface area contributed by atoms with Gasteiger partial charge in [0.1, 0.15) is 17.2 Å². The molecule has 5 nitrogen and oxygen atoms in total. The Morgan fingerprint density at radius 1 is 0.941 bits per heavy atom. The number of aliphatic imine (C=N–C) groups is 2. The van der Waals surface area contributed by atoms with Gasteiger partial charge in [-0.15, -0.1) is 0 Å². The van der Waals surface area contributed by atoms with Crippen LogP contribution in [0.2, 0.25) is 0 Å². The molecule has 1 aromatic heterocycles. The molecule has 6 heteroatoms. The van der Waals surface area contributed by atoms with Crippen LogP contribution in [0.25, 0.3) is 0 Å². The predicted octanol–water partition coefficient (Wildman–Crippen LogP) is 5.22. The van der Waals surface area contributed by atoms with Gasteiger partial charge in [-0.25, -0.2) is 9.38 Å². The Kier molecular flexibility index (Phi) is 4.87. The van der Waals surface area contributed by atoms with E-state index in [4.69, 9.17) is 15.7 Å². The number of hydrogen-bond donors (Lipinski definition) is 1. The molecule has 0 amide bonds. The molecule has 34 heavy (non-hydrogen) atoms. The zero-order chi connectivity index (χ0) is 23.1. The average Bonchev–Trinajstić information content (AvgIpc) is 3.62. The molecule has 3 aromatic carbocycles. The van der Waals surface area contributed by atoms with Gasteiger partial charge in [0.05, 0.1) is 23.6 Å². The summed E-state index contributed by atoms with van der Waals surface area (Å²) in [5, 5.41) is 4.42. The van der Waals surface area contributed by atoms with E-state index in [1.165, 1.54) is 6.07 Å². The molecule has 0 saturated heterocycles. The van der Waals surface area contributed by atoms with Gasteiger partial charge in [0.25, 0.3) is 0 Å². The summed E-state index contributed by atoms with van der Waals surface area (Å²) in [4.78, 5) is 9.92. The summed E-state index contributed by atoms with van der Waals surface area (Å²) in [6.45, 7) is 0.419. The number of fused-ring (bicyclic) bond motifs is 1. The van der Waals surface area contributed by atoms with Crippen LogP contribution in [0.4, 0.5) is 10.1 Å². The highest BCUT2D eigenvalue weighted by atomic mass is 19.1. The van der Waals surface area contributed by atoms with Crippen LogP contribution in [0.5, 0.6) is 0 Å². The lowest BCUT2D eigenvalue weighted by atomic mass is 9.80. The number of benzene rings is 3. The van der Waals surface area contributed by atoms with Crippen LogP contribution in [0, 0.1) is 11.7 Å². The van der Waals surface area contributed by atoms with Crippen LogP contribution in [-0.2, 0) is 12.1 Å². The van der Waals surface area contributed by atoms with Crippen molar-refractivity contribution >= 4 is 17.2 Å². The minimum absolute atomic E-state index is 0.179. The van der Waals surface area contributed by atoms with Gasteiger partial charge in [0, 0.05) is 22.9 Å². The number of halogens is 1. The Balaban J connectivity index is 1.54. The summed E-state index contributed by atoms with van der Waals surface area (Å²) in [5.74, 6) is 0.335. The Labute approximate surface area is 197 Å². The topological polar surface area (TPSA) is 68.6 Å². The normalized spacial score (nSPS) is 19.3. The Morgan fingerprint density at radius 2 is 1.62 bits per heavy atom. The van der Waals surface area contributed by atoms with Crippen molar-refractivity contribution in [1.29, 1.82) is 0 Å². The first-order valence-corrected chi connectivity index (χ1v) is 11.5. The molecule has 1 aliphatic carbocycles. The number of rotatable bonds is 5. The number of hydrogen-bond acceptors (Lipinski definition) is 4. The van der Waals surface area contributed by atoms with Crippen molar-refractivity contribution in [2.24, 2.45) is 21.6 Å². The van der Waals surface area contributed by atoms with E-state index >= 15 is 4.39 Å². The number of nitrogens with two attached hydrogens (primary N) is 1. The van der Waals surface area contributed by atoms with Crippen molar-refractivity contribution in [3.63, 3.8) is 0 Å². The average molecular weight is 450 g/mol. The smallest absolute Gasteiger partial charge is 0.135 e. The molecule has 1 saturated carbocycles. The van der Waals surface area contributed by atoms with Crippen molar-refractivity contribution < 1.29 is 4.39 Å². The highest BCUT2D eigenvalue weighted by Gasteiger charge is 2.52. The number of amidine groups is 1. The molecule has 0 radical (unpaired) electrons. The molecule has 1 fully saturated rings. The van der Waals surface area contributed by atoms with Gasteiger partial charge in [0.15, 0.2) is 0 Å². The zero-order valence-electron chi connectivity index (χ0n) is 18.6. The molecular formula is C28H24FN5. The van der Waals surface area contributed by atoms with Gasteiger partial charge in [0.2, 0.25) is 0 Å². The largest absolute Gasteiger partial charge is 0.386 e. The van der Waals surface area contributed by atoms with Crippen LogP contribution >= 0.6 is 0 Å². The van der Waals surface area contributed by atoms with Crippen LogP contribution in [0.15, 0.2) is 101 Å². The Morgan fingerprint density at radius 3 is 2.26 bits per heavy atom. The Bertz CT molecular complexity index is 1360. The van der Waals surface area contributed by atoms with Crippen LogP contribution < -0.4 is 5.73 Å². The van der Waals surface area contributed by atoms with Crippen LogP contribution in [0.1, 0.15) is 35.2 Å². The standard InChI is InChI=1S/C28H24FN5/c29-24-14-13-22(32-27(19-7-3-1-4-8-19)20-9-5-2-6-10-20)17-23(24)28(21-11-12-21)25-15-16-31-34(25)18-26(30)33-28/h1-10,13-17,21H,11-12,18H2,(H2,30,33)/t28-/m1/s1. The van der Waals surface area contributed by atoms with Crippen molar-refractivity contribution in [1.82, 2.24) is 9.78 Å². The molecule has 1 atom stereocenters. The van der Waals surface area contributed by atoms with Gasteiger partial charge in [-0.2, -0.15) is 5.10 Å². The lowest BCUT2D eigenvalue weighted by molar-refractivity contribution is 0.393. The minimum Gasteiger partial charge on any atom is -0.386 e. The molecule has 0 bridgehead atoms. The van der Waals surface area contributed by atoms with Gasteiger partial charge >= 0.3 is 0 Å². The molecule has 0 unspecified atom stereocenters. The summed E-state index contributed by atoms with van der Waals surface area (Å²) in [7, 11) is 0.